The zero-order chi connectivity index (χ0) is 12.3. The van der Waals surface area contributed by atoms with Crippen molar-refractivity contribution < 1.29 is 14.7 Å². The third kappa shape index (κ3) is 2.61. The summed E-state index contributed by atoms with van der Waals surface area (Å²) in [5.41, 5.74) is 0. The van der Waals surface area contributed by atoms with Crippen molar-refractivity contribution in [1.29, 1.82) is 0 Å². The molecule has 1 unspecified atom stereocenters. The number of carboxylic acids is 1. The largest absolute Gasteiger partial charge is 0.479 e. The van der Waals surface area contributed by atoms with Crippen molar-refractivity contribution >= 4 is 23.2 Å². The van der Waals surface area contributed by atoms with E-state index in [1.54, 1.807) is 12.1 Å². The van der Waals surface area contributed by atoms with Crippen LogP contribution in [-0.4, -0.2) is 27.9 Å². The Bertz CT molecular complexity index is 373. The summed E-state index contributed by atoms with van der Waals surface area (Å²) in [6.45, 7) is 5.01. The van der Waals surface area contributed by atoms with Gasteiger partial charge in [-0.1, -0.05) is 6.07 Å². The molecule has 1 amide bonds. The lowest BCUT2D eigenvalue weighted by Crippen LogP contribution is -2.41. The first-order valence-corrected chi connectivity index (χ1v) is 5.88. The molecule has 0 saturated heterocycles. The number of thiophene rings is 1. The fourth-order valence-electron chi connectivity index (χ4n) is 1.67. The summed E-state index contributed by atoms with van der Waals surface area (Å²) in [5.74, 6) is -1.22. The molecular weight excluding hydrogens is 226 g/mol. The number of amides is 1. The smallest absolute Gasteiger partial charge is 0.331 e. The third-order valence-corrected chi connectivity index (χ3v) is 3.17. The molecule has 0 aromatic carbocycles. The van der Waals surface area contributed by atoms with E-state index in [-0.39, 0.29) is 11.9 Å². The fourth-order valence-corrected chi connectivity index (χ4v) is 2.48. The Morgan fingerprint density at radius 1 is 1.44 bits per heavy atom. The maximum atomic E-state index is 11.5. The van der Waals surface area contributed by atoms with Crippen LogP contribution in [0.1, 0.15) is 31.7 Å². The topological polar surface area (TPSA) is 57.6 Å². The number of carbonyl (C=O) groups excluding carboxylic acids is 1. The first kappa shape index (κ1) is 12.7. The van der Waals surface area contributed by atoms with Gasteiger partial charge in [0.1, 0.15) is 0 Å². The Balaban J connectivity index is 3.10. The zero-order valence-corrected chi connectivity index (χ0v) is 10.3. The molecule has 1 rings (SSSR count). The van der Waals surface area contributed by atoms with Crippen LogP contribution in [0.2, 0.25) is 0 Å². The highest BCUT2D eigenvalue weighted by Gasteiger charge is 2.31. The van der Waals surface area contributed by atoms with Crippen LogP contribution in [0.4, 0.5) is 0 Å². The summed E-state index contributed by atoms with van der Waals surface area (Å²) in [4.78, 5) is 24.8. The van der Waals surface area contributed by atoms with Crippen LogP contribution < -0.4 is 0 Å². The monoisotopic (exact) mass is 241 g/mol. The molecule has 0 aliphatic heterocycles. The summed E-state index contributed by atoms with van der Waals surface area (Å²) < 4.78 is 0. The number of nitrogens with zero attached hydrogens (tertiary/aromatic N) is 1. The lowest BCUT2D eigenvalue weighted by molar-refractivity contribution is -0.151. The fraction of sp³-hybridized carbons (Fsp3) is 0.455. The quantitative estimate of drug-likeness (QED) is 0.878. The van der Waals surface area contributed by atoms with Crippen LogP contribution in [0.3, 0.4) is 0 Å². The molecule has 0 radical (unpaired) electrons. The highest BCUT2D eigenvalue weighted by atomic mass is 32.1. The third-order valence-electron chi connectivity index (χ3n) is 2.24. The molecule has 88 valence electrons. The molecule has 5 heteroatoms. The van der Waals surface area contributed by atoms with Gasteiger partial charge in [-0.25, -0.2) is 4.79 Å². The lowest BCUT2D eigenvalue weighted by Gasteiger charge is -2.30. The van der Waals surface area contributed by atoms with Gasteiger partial charge < -0.3 is 10.0 Å². The number of hydrogen-bond acceptors (Lipinski definition) is 3. The van der Waals surface area contributed by atoms with Crippen LogP contribution in [-0.2, 0) is 9.59 Å². The first-order chi connectivity index (χ1) is 7.45. The van der Waals surface area contributed by atoms with Crippen molar-refractivity contribution in [3.05, 3.63) is 22.4 Å². The second-order valence-electron chi connectivity index (χ2n) is 3.78. The van der Waals surface area contributed by atoms with Gasteiger partial charge in [0.15, 0.2) is 6.04 Å². The van der Waals surface area contributed by atoms with E-state index in [0.29, 0.717) is 4.88 Å². The van der Waals surface area contributed by atoms with Crippen molar-refractivity contribution in [2.75, 3.05) is 0 Å². The summed E-state index contributed by atoms with van der Waals surface area (Å²) in [6, 6.07) is 2.51. The summed E-state index contributed by atoms with van der Waals surface area (Å²) in [6.07, 6.45) is 0. The highest BCUT2D eigenvalue weighted by molar-refractivity contribution is 7.10. The van der Waals surface area contributed by atoms with Crippen LogP contribution >= 0.6 is 11.3 Å². The molecule has 0 bridgehead atoms. The van der Waals surface area contributed by atoms with Gasteiger partial charge in [-0.2, -0.15) is 0 Å². The van der Waals surface area contributed by atoms with Crippen molar-refractivity contribution in [2.45, 2.75) is 32.9 Å². The van der Waals surface area contributed by atoms with Gasteiger partial charge in [0.2, 0.25) is 5.91 Å². The number of hydrogen-bond donors (Lipinski definition) is 1. The zero-order valence-electron chi connectivity index (χ0n) is 9.51. The second-order valence-corrected chi connectivity index (χ2v) is 4.76. The van der Waals surface area contributed by atoms with E-state index in [2.05, 4.69) is 0 Å². The Kier molecular flexibility index (Phi) is 4.06. The van der Waals surface area contributed by atoms with Gasteiger partial charge in [-0.05, 0) is 25.3 Å². The molecule has 0 aliphatic rings. The number of aliphatic carboxylic acids is 1. The Hall–Kier alpha value is -1.36. The van der Waals surface area contributed by atoms with E-state index in [1.807, 2.05) is 19.2 Å². The van der Waals surface area contributed by atoms with Crippen molar-refractivity contribution in [3.63, 3.8) is 0 Å². The minimum atomic E-state index is -0.994. The molecule has 0 fully saturated rings. The van der Waals surface area contributed by atoms with E-state index in [4.69, 9.17) is 0 Å². The highest BCUT2D eigenvalue weighted by Crippen LogP contribution is 2.27. The van der Waals surface area contributed by atoms with Gasteiger partial charge in [-0.15, -0.1) is 11.3 Å². The summed E-state index contributed by atoms with van der Waals surface area (Å²) in [7, 11) is 0. The van der Waals surface area contributed by atoms with Crippen molar-refractivity contribution in [3.8, 4) is 0 Å². The molecule has 0 spiro atoms. The normalized spacial score (nSPS) is 12.5. The first-order valence-electron chi connectivity index (χ1n) is 5.00. The predicted molar refractivity (Wildman–Crippen MR) is 62.4 cm³/mol. The van der Waals surface area contributed by atoms with Crippen molar-refractivity contribution in [2.24, 2.45) is 0 Å². The van der Waals surface area contributed by atoms with E-state index in [1.165, 1.54) is 23.2 Å². The molecule has 16 heavy (non-hydrogen) atoms. The molecule has 1 aromatic heterocycles. The molecule has 1 aromatic rings. The standard InChI is InChI=1S/C11H15NO3S/c1-7(2)12(8(3)13)10(11(14)15)9-5-4-6-16-9/h4-7,10H,1-3H3,(H,14,15). The Morgan fingerprint density at radius 3 is 2.38 bits per heavy atom. The van der Waals surface area contributed by atoms with Gasteiger partial charge >= 0.3 is 5.97 Å². The van der Waals surface area contributed by atoms with E-state index < -0.39 is 12.0 Å². The summed E-state index contributed by atoms with van der Waals surface area (Å²) in [5, 5.41) is 11.0. The minimum Gasteiger partial charge on any atom is -0.479 e. The molecule has 1 atom stereocenters. The van der Waals surface area contributed by atoms with Crippen LogP contribution in [0.5, 0.6) is 0 Å². The average molecular weight is 241 g/mol. The SMILES string of the molecule is CC(=O)N(C(C)C)C(C(=O)O)c1cccs1. The maximum absolute atomic E-state index is 11.5. The van der Waals surface area contributed by atoms with Crippen LogP contribution in [0, 0.1) is 0 Å². The minimum absolute atomic E-state index is 0.138. The number of carbonyl (C=O) groups is 2. The van der Waals surface area contributed by atoms with Gasteiger partial charge in [0.05, 0.1) is 0 Å². The predicted octanol–water partition coefficient (Wildman–Crippen LogP) is 2.13. The van der Waals surface area contributed by atoms with Gasteiger partial charge in [0.25, 0.3) is 0 Å². The van der Waals surface area contributed by atoms with Gasteiger partial charge in [0, 0.05) is 17.8 Å². The lowest BCUT2D eigenvalue weighted by atomic mass is 10.1. The molecular formula is C11H15NO3S. The number of rotatable bonds is 4. The average Bonchev–Trinajstić information content (AvgIpc) is 2.64. The summed E-state index contributed by atoms with van der Waals surface area (Å²) >= 11 is 1.35. The Morgan fingerprint density at radius 2 is 2.06 bits per heavy atom. The molecule has 1 N–H and O–H groups in total. The maximum Gasteiger partial charge on any atom is 0.331 e. The van der Waals surface area contributed by atoms with Crippen LogP contribution in [0.25, 0.3) is 0 Å². The molecule has 0 saturated carbocycles. The second kappa shape index (κ2) is 5.12. The van der Waals surface area contributed by atoms with E-state index >= 15 is 0 Å². The molecule has 1 heterocycles. The van der Waals surface area contributed by atoms with Crippen LogP contribution in [0.15, 0.2) is 17.5 Å². The molecule has 0 aliphatic carbocycles. The molecule has 4 nitrogen and oxygen atoms in total. The van der Waals surface area contributed by atoms with E-state index in [0.717, 1.165) is 0 Å². The van der Waals surface area contributed by atoms with E-state index in [9.17, 15) is 14.7 Å². The van der Waals surface area contributed by atoms with Gasteiger partial charge in [-0.3, -0.25) is 4.79 Å². The van der Waals surface area contributed by atoms with Crippen molar-refractivity contribution in [1.82, 2.24) is 4.90 Å². The Labute approximate surface area is 98.5 Å². The number of carboxylic acid groups (broad SMARTS) is 1.